The van der Waals surface area contributed by atoms with Crippen LogP contribution in [0.3, 0.4) is 0 Å². The van der Waals surface area contributed by atoms with Crippen molar-refractivity contribution in [2.75, 3.05) is 20.1 Å². The van der Waals surface area contributed by atoms with Crippen LogP contribution in [0.2, 0.25) is 0 Å². The molecule has 0 saturated carbocycles. The summed E-state index contributed by atoms with van der Waals surface area (Å²) in [6, 6.07) is 2.52. The van der Waals surface area contributed by atoms with Crippen LogP contribution >= 0.6 is 11.6 Å². The Balaban J connectivity index is 2.11. The molecule has 0 radical (unpaired) electrons. The minimum atomic E-state index is -0.0887. The van der Waals surface area contributed by atoms with Gasteiger partial charge >= 0.3 is 0 Å². The standard InChI is InChI=1S/C15H21ClN4/c1-10-9-19(3)7-5-13(10)20-14-4-6-17-8-12(14)18-15(20)11(2)16/h4,6,8,10-11,13H,5,7,9H2,1-3H3. The molecule has 1 aliphatic heterocycles. The van der Waals surface area contributed by atoms with E-state index in [4.69, 9.17) is 16.6 Å². The highest BCUT2D eigenvalue weighted by atomic mass is 35.5. The van der Waals surface area contributed by atoms with E-state index in [2.05, 4.69) is 34.5 Å². The zero-order chi connectivity index (χ0) is 14.3. The van der Waals surface area contributed by atoms with Crippen LogP contribution in [-0.4, -0.2) is 39.6 Å². The van der Waals surface area contributed by atoms with Crippen molar-refractivity contribution >= 4 is 22.6 Å². The lowest BCUT2D eigenvalue weighted by Gasteiger charge is -2.36. The first-order chi connectivity index (χ1) is 9.58. The summed E-state index contributed by atoms with van der Waals surface area (Å²) < 4.78 is 2.35. The first kappa shape index (κ1) is 13.8. The Morgan fingerprint density at radius 1 is 1.45 bits per heavy atom. The van der Waals surface area contributed by atoms with E-state index in [0.29, 0.717) is 12.0 Å². The summed E-state index contributed by atoms with van der Waals surface area (Å²) in [5, 5.41) is -0.0887. The fourth-order valence-corrected chi connectivity index (χ4v) is 3.48. The number of nitrogens with zero attached hydrogens (tertiary/aromatic N) is 4. The highest BCUT2D eigenvalue weighted by molar-refractivity contribution is 6.20. The topological polar surface area (TPSA) is 34.0 Å². The third kappa shape index (κ3) is 2.31. The van der Waals surface area contributed by atoms with Crippen LogP contribution in [0.4, 0.5) is 0 Å². The van der Waals surface area contributed by atoms with E-state index in [0.717, 1.165) is 36.4 Å². The molecule has 3 heterocycles. The van der Waals surface area contributed by atoms with Crippen molar-refractivity contribution in [2.45, 2.75) is 31.7 Å². The summed E-state index contributed by atoms with van der Waals surface area (Å²) in [6.45, 7) is 6.55. The molecule has 1 saturated heterocycles. The summed E-state index contributed by atoms with van der Waals surface area (Å²) in [6.07, 6.45) is 4.80. The van der Waals surface area contributed by atoms with E-state index in [1.165, 1.54) is 0 Å². The number of hydrogen-bond acceptors (Lipinski definition) is 3. The lowest BCUT2D eigenvalue weighted by molar-refractivity contribution is 0.159. The van der Waals surface area contributed by atoms with Crippen molar-refractivity contribution in [1.82, 2.24) is 19.4 Å². The predicted octanol–water partition coefficient (Wildman–Crippen LogP) is 3.24. The maximum Gasteiger partial charge on any atom is 0.128 e. The largest absolute Gasteiger partial charge is 0.323 e. The van der Waals surface area contributed by atoms with Gasteiger partial charge in [0.25, 0.3) is 0 Å². The zero-order valence-corrected chi connectivity index (χ0v) is 13.0. The quantitative estimate of drug-likeness (QED) is 0.797. The molecule has 0 N–H and O–H groups in total. The van der Waals surface area contributed by atoms with Gasteiger partial charge in [0, 0.05) is 18.8 Å². The summed E-state index contributed by atoms with van der Waals surface area (Å²) in [5.74, 6) is 1.56. The van der Waals surface area contributed by atoms with E-state index in [9.17, 15) is 0 Å². The predicted molar refractivity (Wildman–Crippen MR) is 82.1 cm³/mol. The average Bonchev–Trinajstić information content (AvgIpc) is 2.78. The lowest BCUT2D eigenvalue weighted by atomic mass is 9.93. The van der Waals surface area contributed by atoms with Crippen LogP contribution in [0.1, 0.15) is 37.5 Å². The van der Waals surface area contributed by atoms with Gasteiger partial charge in [-0.25, -0.2) is 4.98 Å². The van der Waals surface area contributed by atoms with Gasteiger partial charge in [0.15, 0.2) is 0 Å². The second-order valence-electron chi connectivity index (χ2n) is 5.92. The van der Waals surface area contributed by atoms with E-state index in [1.807, 2.05) is 19.3 Å². The third-order valence-corrected chi connectivity index (χ3v) is 4.46. The summed E-state index contributed by atoms with van der Waals surface area (Å²) in [4.78, 5) is 11.3. The van der Waals surface area contributed by atoms with Gasteiger partial charge in [-0.05, 0) is 38.9 Å². The average molecular weight is 293 g/mol. The van der Waals surface area contributed by atoms with Crippen molar-refractivity contribution in [3.8, 4) is 0 Å². The Labute approximate surface area is 124 Å². The Morgan fingerprint density at radius 3 is 2.95 bits per heavy atom. The molecule has 0 amide bonds. The lowest BCUT2D eigenvalue weighted by Crippen LogP contribution is -2.38. The minimum Gasteiger partial charge on any atom is -0.323 e. The Kier molecular flexibility index (Phi) is 3.69. The first-order valence-electron chi connectivity index (χ1n) is 7.22. The Bertz CT molecular complexity index is 607. The van der Waals surface area contributed by atoms with Gasteiger partial charge in [0.2, 0.25) is 0 Å². The van der Waals surface area contributed by atoms with Crippen LogP contribution in [-0.2, 0) is 0 Å². The molecule has 3 rings (SSSR count). The van der Waals surface area contributed by atoms with E-state index in [1.54, 1.807) is 0 Å². The van der Waals surface area contributed by atoms with Crippen molar-refractivity contribution in [2.24, 2.45) is 5.92 Å². The zero-order valence-electron chi connectivity index (χ0n) is 12.3. The van der Waals surface area contributed by atoms with Crippen LogP contribution in [0.15, 0.2) is 18.5 Å². The molecule has 0 aliphatic carbocycles. The fraction of sp³-hybridized carbons (Fsp3) is 0.600. The summed E-state index contributed by atoms with van der Waals surface area (Å²) >= 11 is 6.36. The number of fused-ring (bicyclic) bond motifs is 1. The van der Waals surface area contributed by atoms with Crippen LogP contribution < -0.4 is 0 Å². The number of likely N-dealkylation sites (tertiary alicyclic amines) is 1. The molecule has 1 fully saturated rings. The fourth-order valence-electron chi connectivity index (χ4n) is 3.32. The van der Waals surface area contributed by atoms with Crippen LogP contribution in [0, 0.1) is 5.92 Å². The number of imidazole rings is 1. The van der Waals surface area contributed by atoms with Crippen molar-refractivity contribution in [1.29, 1.82) is 0 Å². The molecule has 0 bridgehead atoms. The molecule has 4 nitrogen and oxygen atoms in total. The van der Waals surface area contributed by atoms with Gasteiger partial charge in [0.1, 0.15) is 11.3 Å². The molecule has 20 heavy (non-hydrogen) atoms. The van der Waals surface area contributed by atoms with E-state index < -0.39 is 0 Å². The third-order valence-electron chi connectivity index (χ3n) is 4.27. The molecule has 0 spiro atoms. The maximum atomic E-state index is 6.36. The van der Waals surface area contributed by atoms with Gasteiger partial charge in [-0.3, -0.25) is 4.98 Å². The number of pyridine rings is 1. The summed E-state index contributed by atoms with van der Waals surface area (Å²) in [7, 11) is 2.19. The number of hydrogen-bond donors (Lipinski definition) is 0. The van der Waals surface area contributed by atoms with Crippen LogP contribution in [0.25, 0.3) is 11.0 Å². The molecule has 2 aromatic heterocycles. The maximum absolute atomic E-state index is 6.36. The second kappa shape index (κ2) is 5.34. The van der Waals surface area contributed by atoms with Gasteiger partial charge in [-0.2, -0.15) is 0 Å². The van der Waals surface area contributed by atoms with Gasteiger partial charge in [0.05, 0.1) is 17.1 Å². The number of piperidine rings is 1. The molecule has 3 atom stereocenters. The Hall–Kier alpha value is -1.13. The van der Waals surface area contributed by atoms with Crippen molar-refractivity contribution in [3.63, 3.8) is 0 Å². The number of alkyl halides is 1. The number of rotatable bonds is 2. The van der Waals surface area contributed by atoms with Crippen molar-refractivity contribution in [3.05, 3.63) is 24.3 Å². The second-order valence-corrected chi connectivity index (χ2v) is 6.57. The monoisotopic (exact) mass is 292 g/mol. The van der Waals surface area contributed by atoms with E-state index >= 15 is 0 Å². The smallest absolute Gasteiger partial charge is 0.128 e. The normalized spacial score (nSPS) is 26.0. The molecule has 2 aromatic rings. The Morgan fingerprint density at radius 2 is 2.25 bits per heavy atom. The molecule has 108 valence electrons. The van der Waals surface area contributed by atoms with Crippen molar-refractivity contribution < 1.29 is 0 Å². The highest BCUT2D eigenvalue weighted by Gasteiger charge is 2.29. The highest BCUT2D eigenvalue weighted by Crippen LogP contribution is 2.34. The number of aromatic nitrogens is 3. The molecule has 0 aromatic carbocycles. The summed E-state index contributed by atoms with van der Waals surface area (Å²) in [5.41, 5.74) is 2.10. The van der Waals surface area contributed by atoms with Gasteiger partial charge in [-0.15, -0.1) is 11.6 Å². The van der Waals surface area contributed by atoms with Crippen LogP contribution in [0.5, 0.6) is 0 Å². The molecule has 1 aliphatic rings. The van der Waals surface area contributed by atoms with E-state index in [-0.39, 0.29) is 5.38 Å². The van der Waals surface area contributed by atoms with Gasteiger partial charge in [-0.1, -0.05) is 6.92 Å². The molecular formula is C15H21ClN4. The minimum absolute atomic E-state index is 0.0887. The molecule has 5 heteroatoms. The SMILES string of the molecule is CC(Cl)c1nc2cnccc2n1C1CCN(C)CC1C. The molecule has 3 unspecified atom stereocenters. The van der Waals surface area contributed by atoms with Gasteiger partial charge < -0.3 is 9.47 Å². The number of halogens is 1. The molecular weight excluding hydrogens is 272 g/mol. The first-order valence-corrected chi connectivity index (χ1v) is 7.66.